The molecule has 0 unspecified atom stereocenters. The number of aromatic nitrogens is 2. The zero-order valence-electron chi connectivity index (χ0n) is 17.6. The molecule has 3 rings (SSSR count). The standard InChI is InChI=1S/C22H27N5O2S/c1-5-15-11-17(23-3)18(26-20(15)28)10-14(2)13-27-8-6-16(7-9-27)19-12-25-22(30-19)21(29)24-4/h6,10-12H,3,5,7-9,13H2,1-2,4H3,(H,24,29)(H,26,28)/b14-10+. The maximum absolute atomic E-state index is 12.2. The van der Waals surface area contributed by atoms with Crippen LogP contribution in [0.5, 0.6) is 0 Å². The lowest BCUT2D eigenvalue weighted by Gasteiger charge is -2.26. The van der Waals surface area contributed by atoms with Gasteiger partial charge in [0, 0.05) is 38.4 Å². The Labute approximate surface area is 180 Å². The Morgan fingerprint density at radius 3 is 2.93 bits per heavy atom. The molecule has 1 aliphatic heterocycles. The van der Waals surface area contributed by atoms with Gasteiger partial charge in [-0.1, -0.05) is 18.6 Å². The molecule has 0 aliphatic carbocycles. The lowest BCUT2D eigenvalue weighted by atomic mass is 10.1. The molecule has 158 valence electrons. The Bertz CT molecular complexity index is 1060. The molecule has 2 aromatic heterocycles. The smallest absolute Gasteiger partial charge is 0.280 e. The molecule has 1 aliphatic rings. The number of amides is 1. The van der Waals surface area contributed by atoms with E-state index in [1.807, 2.05) is 19.1 Å². The fraction of sp³-hybridized carbons (Fsp3) is 0.364. The molecule has 8 heteroatoms. The number of carbonyl (C=O) groups is 1. The molecule has 2 N–H and O–H groups in total. The first-order chi connectivity index (χ1) is 14.4. The van der Waals surface area contributed by atoms with E-state index in [4.69, 9.17) is 0 Å². The van der Waals surface area contributed by atoms with E-state index in [-0.39, 0.29) is 11.5 Å². The van der Waals surface area contributed by atoms with Crippen LogP contribution >= 0.6 is 11.3 Å². The van der Waals surface area contributed by atoms with E-state index in [1.165, 1.54) is 16.9 Å². The van der Waals surface area contributed by atoms with Crippen molar-refractivity contribution in [2.75, 3.05) is 26.7 Å². The summed E-state index contributed by atoms with van der Waals surface area (Å²) in [5.41, 5.74) is 4.40. The highest BCUT2D eigenvalue weighted by Gasteiger charge is 2.17. The Kier molecular flexibility index (Phi) is 7.12. The monoisotopic (exact) mass is 425 g/mol. The van der Waals surface area contributed by atoms with Crippen LogP contribution in [0.25, 0.3) is 11.6 Å². The van der Waals surface area contributed by atoms with Gasteiger partial charge < -0.3 is 10.3 Å². The molecule has 2 aromatic rings. The second kappa shape index (κ2) is 9.77. The van der Waals surface area contributed by atoms with Gasteiger partial charge in [0.05, 0.1) is 16.3 Å². The van der Waals surface area contributed by atoms with E-state index in [2.05, 4.69) is 44.9 Å². The summed E-state index contributed by atoms with van der Waals surface area (Å²) in [7, 11) is 1.61. The molecular weight excluding hydrogens is 398 g/mol. The molecule has 0 saturated heterocycles. The van der Waals surface area contributed by atoms with Crippen LogP contribution in [-0.4, -0.2) is 54.2 Å². The largest absolute Gasteiger partial charge is 0.353 e. The maximum atomic E-state index is 12.2. The molecule has 7 nitrogen and oxygen atoms in total. The van der Waals surface area contributed by atoms with Crippen LogP contribution in [0, 0.1) is 0 Å². The summed E-state index contributed by atoms with van der Waals surface area (Å²) in [6.07, 6.45) is 7.52. The minimum absolute atomic E-state index is 0.0739. The summed E-state index contributed by atoms with van der Waals surface area (Å²) in [5.74, 6) is -0.150. The van der Waals surface area contributed by atoms with E-state index < -0.39 is 0 Å². The van der Waals surface area contributed by atoms with Crippen LogP contribution < -0.4 is 10.9 Å². The Morgan fingerprint density at radius 2 is 2.30 bits per heavy atom. The van der Waals surface area contributed by atoms with Gasteiger partial charge in [-0.2, -0.15) is 0 Å². The van der Waals surface area contributed by atoms with Crippen LogP contribution in [0.15, 0.2) is 33.7 Å². The van der Waals surface area contributed by atoms with Gasteiger partial charge in [0.15, 0.2) is 5.01 Å². The fourth-order valence-electron chi connectivity index (χ4n) is 3.44. The number of aryl methyl sites for hydroxylation is 1. The quantitative estimate of drug-likeness (QED) is 0.666. The third-order valence-corrected chi connectivity index (χ3v) is 6.15. The number of aromatic amines is 1. The highest BCUT2D eigenvalue weighted by atomic mass is 32.1. The highest BCUT2D eigenvalue weighted by Crippen LogP contribution is 2.28. The van der Waals surface area contributed by atoms with E-state index in [9.17, 15) is 9.59 Å². The molecule has 0 aromatic carbocycles. The molecule has 0 spiro atoms. The summed E-state index contributed by atoms with van der Waals surface area (Å²) >= 11 is 1.43. The number of aliphatic imine (C=N–C) groups is 1. The van der Waals surface area contributed by atoms with E-state index >= 15 is 0 Å². The van der Waals surface area contributed by atoms with Crippen LogP contribution in [0.1, 0.15) is 46.2 Å². The second-order valence-corrected chi connectivity index (χ2v) is 8.28. The molecular formula is C22H27N5O2S. The molecule has 1 amide bonds. The number of nitrogens with one attached hydrogen (secondary N) is 2. The number of nitrogens with zero attached hydrogens (tertiary/aromatic N) is 3. The van der Waals surface area contributed by atoms with Gasteiger partial charge in [-0.25, -0.2) is 4.98 Å². The van der Waals surface area contributed by atoms with Crippen LogP contribution in [0.4, 0.5) is 5.69 Å². The number of rotatable bonds is 7. The normalized spacial score (nSPS) is 15.0. The lowest BCUT2D eigenvalue weighted by Crippen LogP contribution is -2.30. The van der Waals surface area contributed by atoms with Crippen LogP contribution in [0.3, 0.4) is 0 Å². The van der Waals surface area contributed by atoms with Gasteiger partial charge in [0.2, 0.25) is 0 Å². The summed E-state index contributed by atoms with van der Waals surface area (Å²) in [6, 6.07) is 1.81. The molecule has 0 bridgehead atoms. The van der Waals surface area contributed by atoms with Gasteiger partial charge in [0.1, 0.15) is 0 Å². The van der Waals surface area contributed by atoms with Gasteiger partial charge in [-0.05, 0) is 44.2 Å². The molecule has 30 heavy (non-hydrogen) atoms. The summed E-state index contributed by atoms with van der Waals surface area (Å²) < 4.78 is 0. The van der Waals surface area contributed by atoms with Crippen molar-refractivity contribution in [2.45, 2.75) is 26.7 Å². The Hall–Kier alpha value is -2.84. The van der Waals surface area contributed by atoms with Crippen molar-refractivity contribution in [1.82, 2.24) is 20.2 Å². The van der Waals surface area contributed by atoms with E-state index in [0.29, 0.717) is 28.4 Å². The number of hydrogen-bond donors (Lipinski definition) is 2. The summed E-state index contributed by atoms with van der Waals surface area (Å²) in [5, 5.41) is 3.10. The third-order valence-electron chi connectivity index (χ3n) is 5.08. The highest BCUT2D eigenvalue weighted by molar-refractivity contribution is 7.14. The molecule has 0 radical (unpaired) electrons. The van der Waals surface area contributed by atoms with Crippen LogP contribution in [-0.2, 0) is 6.42 Å². The van der Waals surface area contributed by atoms with Crippen LogP contribution in [0.2, 0.25) is 0 Å². The number of hydrogen-bond acceptors (Lipinski definition) is 6. The Balaban J connectivity index is 1.68. The SMILES string of the molecule is C=Nc1cc(CC)c(=O)[nH]c1/C=C(\C)CN1CC=C(c2cnc(C(=O)NC)s2)CC1. The minimum Gasteiger partial charge on any atom is -0.353 e. The number of carbonyl (C=O) groups excluding carboxylic acids is 1. The number of pyridine rings is 1. The zero-order chi connectivity index (χ0) is 21.7. The number of thiazole rings is 1. The first kappa shape index (κ1) is 21.9. The van der Waals surface area contributed by atoms with Gasteiger partial charge in [0.25, 0.3) is 11.5 Å². The molecule has 0 atom stereocenters. The average molecular weight is 426 g/mol. The third kappa shape index (κ3) is 5.01. The van der Waals surface area contributed by atoms with Crippen molar-refractivity contribution < 1.29 is 4.79 Å². The maximum Gasteiger partial charge on any atom is 0.280 e. The molecule has 0 saturated carbocycles. The summed E-state index contributed by atoms with van der Waals surface area (Å²) in [6.45, 7) is 10.2. The van der Waals surface area contributed by atoms with Gasteiger partial charge >= 0.3 is 0 Å². The second-order valence-electron chi connectivity index (χ2n) is 7.25. The van der Waals surface area contributed by atoms with Crippen molar-refractivity contribution in [3.63, 3.8) is 0 Å². The van der Waals surface area contributed by atoms with Crippen molar-refractivity contribution in [1.29, 1.82) is 0 Å². The predicted molar refractivity (Wildman–Crippen MR) is 124 cm³/mol. The first-order valence-corrected chi connectivity index (χ1v) is 10.8. The summed E-state index contributed by atoms with van der Waals surface area (Å²) in [4.78, 5) is 38.5. The lowest BCUT2D eigenvalue weighted by molar-refractivity contribution is 0.0962. The van der Waals surface area contributed by atoms with Gasteiger partial charge in [-0.15, -0.1) is 11.3 Å². The van der Waals surface area contributed by atoms with Crippen molar-refractivity contribution in [3.8, 4) is 0 Å². The Morgan fingerprint density at radius 1 is 1.50 bits per heavy atom. The van der Waals surface area contributed by atoms with E-state index in [1.54, 1.807) is 13.2 Å². The van der Waals surface area contributed by atoms with Gasteiger partial charge in [-0.3, -0.25) is 19.5 Å². The fourth-order valence-corrected chi connectivity index (χ4v) is 4.37. The topological polar surface area (TPSA) is 90.5 Å². The van der Waals surface area contributed by atoms with Crippen molar-refractivity contribution in [2.24, 2.45) is 4.99 Å². The number of H-pyrrole nitrogens is 1. The van der Waals surface area contributed by atoms with E-state index in [0.717, 1.165) is 36.5 Å². The average Bonchev–Trinajstić information content (AvgIpc) is 3.24. The zero-order valence-corrected chi connectivity index (χ0v) is 18.4. The first-order valence-electron chi connectivity index (χ1n) is 9.94. The minimum atomic E-state index is -0.150. The molecule has 3 heterocycles. The molecule has 0 fully saturated rings. The van der Waals surface area contributed by atoms with Crippen molar-refractivity contribution in [3.05, 3.63) is 55.4 Å². The van der Waals surface area contributed by atoms with Crippen molar-refractivity contribution >= 4 is 41.3 Å². The predicted octanol–water partition coefficient (Wildman–Crippen LogP) is 3.28.